The third-order valence-corrected chi connectivity index (χ3v) is 5.42. The maximum Gasteiger partial charge on any atom is 0.233 e. The van der Waals surface area contributed by atoms with Gasteiger partial charge in [0.2, 0.25) is 5.91 Å². The molecule has 0 spiro atoms. The van der Waals surface area contributed by atoms with Crippen LogP contribution in [-0.2, 0) is 17.9 Å². The lowest BCUT2D eigenvalue weighted by Gasteiger charge is -2.13. The summed E-state index contributed by atoms with van der Waals surface area (Å²) in [5, 5.41) is 12.0. The van der Waals surface area contributed by atoms with E-state index in [-0.39, 0.29) is 11.2 Å². The maximum atomic E-state index is 12.6. The average molecular weight is 409 g/mol. The van der Waals surface area contributed by atoms with Gasteiger partial charge in [-0.25, -0.2) is 0 Å². The molecule has 0 saturated carbocycles. The van der Waals surface area contributed by atoms with Gasteiger partial charge in [-0.2, -0.15) is 0 Å². The van der Waals surface area contributed by atoms with Crippen molar-refractivity contribution in [2.75, 3.05) is 7.11 Å². The molecule has 3 aromatic rings. The molecule has 0 fully saturated rings. The molecule has 0 bridgehead atoms. The van der Waals surface area contributed by atoms with Crippen LogP contribution in [0.15, 0.2) is 72.4 Å². The predicted octanol–water partition coefficient (Wildman–Crippen LogP) is 3.94. The summed E-state index contributed by atoms with van der Waals surface area (Å²) in [6.45, 7) is 6.72. The molecule has 1 aromatic heterocycles. The minimum absolute atomic E-state index is 0.0553. The van der Waals surface area contributed by atoms with E-state index < -0.39 is 0 Å². The summed E-state index contributed by atoms with van der Waals surface area (Å²) in [4.78, 5) is 12.6. The second-order valence-corrected chi connectivity index (χ2v) is 7.71. The van der Waals surface area contributed by atoms with Gasteiger partial charge >= 0.3 is 0 Å². The standard InChI is InChI=1S/C22H24N4O2S/c1-4-14-26-20(18-8-6-5-7-9-18)24-25-22(26)29-16(2)21(27)23-15-17-10-12-19(28-3)13-11-17/h4-13,16H,1,14-15H2,2-3H3,(H,23,27)/t16-/m0/s1. The van der Waals surface area contributed by atoms with E-state index in [2.05, 4.69) is 22.1 Å². The first kappa shape index (κ1) is 20.7. The van der Waals surface area contributed by atoms with Crippen LogP contribution >= 0.6 is 11.8 Å². The summed E-state index contributed by atoms with van der Waals surface area (Å²) in [5.41, 5.74) is 1.99. The van der Waals surface area contributed by atoms with Gasteiger partial charge in [0.15, 0.2) is 11.0 Å². The van der Waals surface area contributed by atoms with E-state index in [1.807, 2.05) is 66.1 Å². The number of nitrogens with zero attached hydrogens (tertiary/aromatic N) is 3. The zero-order valence-corrected chi connectivity index (χ0v) is 17.4. The van der Waals surface area contributed by atoms with E-state index in [0.29, 0.717) is 18.2 Å². The summed E-state index contributed by atoms with van der Waals surface area (Å²) in [6, 6.07) is 17.5. The van der Waals surface area contributed by atoms with Gasteiger partial charge in [0.25, 0.3) is 0 Å². The molecule has 0 saturated heterocycles. The molecule has 1 amide bonds. The number of ether oxygens (including phenoxy) is 1. The molecule has 1 atom stereocenters. The Labute approximate surface area is 175 Å². The number of benzene rings is 2. The Morgan fingerprint density at radius 1 is 1.21 bits per heavy atom. The monoisotopic (exact) mass is 408 g/mol. The van der Waals surface area contributed by atoms with E-state index in [0.717, 1.165) is 22.7 Å². The third-order valence-electron chi connectivity index (χ3n) is 4.34. The summed E-state index contributed by atoms with van der Waals surface area (Å²) in [6.07, 6.45) is 1.80. The largest absolute Gasteiger partial charge is 0.497 e. The number of carbonyl (C=O) groups is 1. The van der Waals surface area contributed by atoms with Crippen LogP contribution < -0.4 is 10.1 Å². The van der Waals surface area contributed by atoms with Crippen LogP contribution in [0.2, 0.25) is 0 Å². The second kappa shape index (κ2) is 9.93. The number of thioether (sulfide) groups is 1. The quantitative estimate of drug-likeness (QED) is 0.429. The van der Waals surface area contributed by atoms with Gasteiger partial charge in [0.1, 0.15) is 5.75 Å². The smallest absolute Gasteiger partial charge is 0.233 e. The molecule has 6 nitrogen and oxygen atoms in total. The zero-order valence-electron chi connectivity index (χ0n) is 16.5. The molecule has 150 valence electrons. The van der Waals surface area contributed by atoms with Gasteiger partial charge in [0.05, 0.1) is 12.4 Å². The topological polar surface area (TPSA) is 69.0 Å². The van der Waals surface area contributed by atoms with Gasteiger partial charge in [-0.15, -0.1) is 16.8 Å². The van der Waals surface area contributed by atoms with Gasteiger partial charge in [-0.3, -0.25) is 9.36 Å². The summed E-state index contributed by atoms with van der Waals surface area (Å²) >= 11 is 1.38. The summed E-state index contributed by atoms with van der Waals surface area (Å²) < 4.78 is 7.12. The number of amides is 1. The van der Waals surface area contributed by atoms with Crippen molar-refractivity contribution in [1.82, 2.24) is 20.1 Å². The van der Waals surface area contributed by atoms with Crippen molar-refractivity contribution in [1.29, 1.82) is 0 Å². The average Bonchev–Trinajstić information content (AvgIpc) is 3.15. The number of allylic oxidation sites excluding steroid dienone is 1. The Kier molecular flexibility index (Phi) is 7.08. The van der Waals surface area contributed by atoms with Gasteiger partial charge in [-0.1, -0.05) is 60.3 Å². The fourth-order valence-electron chi connectivity index (χ4n) is 2.76. The van der Waals surface area contributed by atoms with Crippen molar-refractivity contribution >= 4 is 17.7 Å². The molecular formula is C22H24N4O2S. The van der Waals surface area contributed by atoms with Crippen molar-refractivity contribution in [3.05, 3.63) is 72.8 Å². The highest BCUT2D eigenvalue weighted by molar-refractivity contribution is 8.00. The number of carbonyl (C=O) groups excluding carboxylic acids is 1. The van der Waals surface area contributed by atoms with E-state index >= 15 is 0 Å². The van der Waals surface area contributed by atoms with Crippen molar-refractivity contribution in [2.24, 2.45) is 0 Å². The third kappa shape index (κ3) is 5.26. The van der Waals surface area contributed by atoms with E-state index in [4.69, 9.17) is 4.74 Å². The Morgan fingerprint density at radius 3 is 2.59 bits per heavy atom. The highest BCUT2D eigenvalue weighted by atomic mass is 32.2. The van der Waals surface area contributed by atoms with Gasteiger partial charge in [0, 0.05) is 18.7 Å². The van der Waals surface area contributed by atoms with Crippen molar-refractivity contribution in [3.8, 4) is 17.1 Å². The van der Waals surface area contributed by atoms with Crippen LogP contribution in [0.3, 0.4) is 0 Å². The predicted molar refractivity (Wildman–Crippen MR) is 116 cm³/mol. The van der Waals surface area contributed by atoms with Crippen molar-refractivity contribution in [3.63, 3.8) is 0 Å². The lowest BCUT2D eigenvalue weighted by molar-refractivity contribution is -0.120. The fraction of sp³-hybridized carbons (Fsp3) is 0.227. The molecule has 29 heavy (non-hydrogen) atoms. The van der Waals surface area contributed by atoms with E-state index in [1.165, 1.54) is 11.8 Å². The minimum atomic E-state index is -0.315. The summed E-state index contributed by atoms with van der Waals surface area (Å²) in [7, 11) is 1.63. The molecule has 1 heterocycles. The van der Waals surface area contributed by atoms with Crippen molar-refractivity contribution < 1.29 is 9.53 Å². The molecule has 3 rings (SSSR count). The van der Waals surface area contributed by atoms with Crippen LogP contribution in [0.1, 0.15) is 12.5 Å². The van der Waals surface area contributed by atoms with Crippen LogP contribution in [-0.4, -0.2) is 33.0 Å². The Bertz CT molecular complexity index is 955. The molecular weight excluding hydrogens is 384 g/mol. The normalized spacial score (nSPS) is 11.7. The Morgan fingerprint density at radius 2 is 1.93 bits per heavy atom. The van der Waals surface area contributed by atoms with Crippen LogP contribution in [0.25, 0.3) is 11.4 Å². The summed E-state index contributed by atoms with van der Waals surface area (Å²) in [5.74, 6) is 1.50. The second-order valence-electron chi connectivity index (χ2n) is 6.40. The maximum absolute atomic E-state index is 12.6. The van der Waals surface area contributed by atoms with Crippen LogP contribution in [0.4, 0.5) is 0 Å². The first-order valence-corrected chi connectivity index (χ1v) is 10.2. The highest BCUT2D eigenvalue weighted by Crippen LogP contribution is 2.27. The number of methoxy groups -OCH3 is 1. The number of hydrogen-bond acceptors (Lipinski definition) is 5. The van der Waals surface area contributed by atoms with Crippen LogP contribution in [0.5, 0.6) is 5.75 Å². The first-order chi connectivity index (χ1) is 14.1. The van der Waals surface area contributed by atoms with E-state index in [1.54, 1.807) is 13.2 Å². The minimum Gasteiger partial charge on any atom is -0.497 e. The molecule has 1 N–H and O–H groups in total. The van der Waals surface area contributed by atoms with Crippen LogP contribution in [0, 0.1) is 0 Å². The molecule has 0 aliphatic heterocycles. The number of hydrogen-bond donors (Lipinski definition) is 1. The Balaban J connectivity index is 1.66. The number of nitrogens with one attached hydrogen (secondary N) is 1. The molecule has 0 aliphatic carbocycles. The highest BCUT2D eigenvalue weighted by Gasteiger charge is 2.20. The SMILES string of the molecule is C=CCn1c(S[C@@H](C)C(=O)NCc2ccc(OC)cc2)nnc1-c1ccccc1. The molecule has 0 unspecified atom stereocenters. The van der Waals surface area contributed by atoms with Gasteiger partial charge in [-0.05, 0) is 24.6 Å². The van der Waals surface area contributed by atoms with E-state index in [9.17, 15) is 4.79 Å². The number of rotatable bonds is 9. The van der Waals surface area contributed by atoms with Gasteiger partial charge < -0.3 is 10.1 Å². The molecule has 2 aromatic carbocycles. The molecule has 7 heteroatoms. The fourth-order valence-corrected chi connectivity index (χ4v) is 3.64. The van der Waals surface area contributed by atoms with Crippen molar-refractivity contribution in [2.45, 2.75) is 30.4 Å². The molecule has 0 aliphatic rings. The zero-order chi connectivity index (χ0) is 20.6. The Hall–Kier alpha value is -3.06. The lowest BCUT2D eigenvalue weighted by atomic mass is 10.2. The molecule has 0 radical (unpaired) electrons. The lowest BCUT2D eigenvalue weighted by Crippen LogP contribution is -2.30. The number of aromatic nitrogens is 3. The first-order valence-electron chi connectivity index (χ1n) is 9.29.